The first-order valence-corrected chi connectivity index (χ1v) is 15.6. The molecule has 0 spiro atoms. The molecule has 5 heteroatoms. The summed E-state index contributed by atoms with van der Waals surface area (Å²) >= 11 is 0. The van der Waals surface area contributed by atoms with Crippen LogP contribution in [0.5, 0.6) is 5.75 Å². The molecule has 1 aromatic rings. The Hall–Kier alpha value is -0.830. The van der Waals surface area contributed by atoms with Gasteiger partial charge in [-0.15, -0.1) is 0 Å². The molecule has 1 rings (SSSR count). The zero-order valence-electron chi connectivity index (χ0n) is 23.6. The average Bonchev–Trinajstić information content (AvgIpc) is 2.81. The number of rotatable bonds is 21. The smallest absolute Gasteiger partial charge is 0.319 e. The fourth-order valence-corrected chi connectivity index (χ4v) is 5.18. The highest BCUT2D eigenvalue weighted by atomic mass is 31.1. The van der Waals surface area contributed by atoms with E-state index in [0.29, 0.717) is 12.4 Å². The summed E-state index contributed by atoms with van der Waals surface area (Å²) in [5.74, 6) is 0.327. The van der Waals surface area contributed by atoms with Gasteiger partial charge in [-0.25, -0.2) is 0 Å². The third kappa shape index (κ3) is 15.8. The van der Waals surface area contributed by atoms with E-state index in [4.69, 9.17) is 9.05 Å². The second-order valence-corrected chi connectivity index (χ2v) is 12.3. The fourth-order valence-electron chi connectivity index (χ4n) is 4.50. The maximum atomic E-state index is 12.1. The lowest BCUT2D eigenvalue weighted by molar-refractivity contribution is 0.215. The fraction of sp³-hybridized carbons (Fsp3) is 0.800. The van der Waals surface area contributed by atoms with Gasteiger partial charge in [-0.05, 0) is 41.5 Å². The SMILES string of the molecule is CCCCCCCCCCCCCCCCCCO[PH](=O)OCc1cc(C)c(O)c(C(C)(C)C)c1. The molecule has 1 aromatic carbocycles. The maximum absolute atomic E-state index is 12.1. The van der Waals surface area contributed by atoms with E-state index in [9.17, 15) is 9.67 Å². The molecule has 0 saturated heterocycles. The summed E-state index contributed by atoms with van der Waals surface area (Å²) in [5, 5.41) is 10.3. The van der Waals surface area contributed by atoms with Crippen LogP contribution in [-0.4, -0.2) is 11.7 Å². The van der Waals surface area contributed by atoms with Gasteiger partial charge in [0, 0.05) is 0 Å². The molecule has 0 aromatic heterocycles. The number of phenols is 1. The Morgan fingerprint density at radius 1 is 0.743 bits per heavy atom. The number of aromatic hydroxyl groups is 1. The zero-order chi connectivity index (χ0) is 25.9. The largest absolute Gasteiger partial charge is 0.507 e. The molecule has 1 unspecified atom stereocenters. The van der Waals surface area contributed by atoms with Crippen molar-refractivity contribution in [1.29, 1.82) is 0 Å². The molecular formula is C30H55O4P. The van der Waals surface area contributed by atoms with Crippen molar-refractivity contribution in [2.24, 2.45) is 0 Å². The predicted octanol–water partition coefficient (Wildman–Crippen LogP) is 10.2. The van der Waals surface area contributed by atoms with Crippen molar-refractivity contribution in [3.8, 4) is 5.75 Å². The van der Waals surface area contributed by atoms with Crippen LogP contribution < -0.4 is 0 Å². The molecule has 0 aliphatic rings. The summed E-state index contributed by atoms with van der Waals surface area (Å²) in [6.45, 7) is 11.1. The lowest BCUT2D eigenvalue weighted by atomic mass is 9.84. The van der Waals surface area contributed by atoms with Crippen molar-refractivity contribution in [3.63, 3.8) is 0 Å². The average molecular weight is 511 g/mol. The Labute approximate surface area is 217 Å². The van der Waals surface area contributed by atoms with Crippen LogP contribution in [0.4, 0.5) is 0 Å². The second-order valence-electron chi connectivity index (χ2n) is 11.2. The van der Waals surface area contributed by atoms with Gasteiger partial charge in [-0.1, -0.05) is 130 Å². The molecule has 204 valence electrons. The van der Waals surface area contributed by atoms with Crippen LogP contribution in [0.2, 0.25) is 0 Å². The van der Waals surface area contributed by atoms with E-state index in [2.05, 4.69) is 27.7 Å². The summed E-state index contributed by atoms with van der Waals surface area (Å²) in [5.41, 5.74) is 2.43. The summed E-state index contributed by atoms with van der Waals surface area (Å²) in [4.78, 5) is 0. The van der Waals surface area contributed by atoms with E-state index in [1.807, 2.05) is 19.1 Å². The molecule has 0 aliphatic carbocycles. The Morgan fingerprint density at radius 2 is 1.20 bits per heavy atom. The Bertz CT molecular complexity index is 696. The molecule has 0 heterocycles. The van der Waals surface area contributed by atoms with Gasteiger partial charge in [0.25, 0.3) is 0 Å². The van der Waals surface area contributed by atoms with Crippen LogP contribution in [0, 0.1) is 6.92 Å². The van der Waals surface area contributed by atoms with Gasteiger partial charge in [0.05, 0.1) is 13.2 Å². The van der Waals surface area contributed by atoms with Crippen molar-refractivity contribution < 1.29 is 18.7 Å². The minimum Gasteiger partial charge on any atom is -0.507 e. The minimum absolute atomic E-state index is 0.167. The number of phenolic OH excluding ortho intramolecular Hbond substituents is 1. The van der Waals surface area contributed by atoms with Gasteiger partial charge < -0.3 is 14.2 Å². The van der Waals surface area contributed by atoms with Gasteiger partial charge in [-0.3, -0.25) is 4.57 Å². The van der Waals surface area contributed by atoms with Gasteiger partial charge in [-0.2, -0.15) is 0 Å². The Morgan fingerprint density at radius 3 is 1.66 bits per heavy atom. The molecule has 0 amide bonds. The van der Waals surface area contributed by atoms with Crippen LogP contribution in [0.1, 0.15) is 147 Å². The van der Waals surface area contributed by atoms with Crippen LogP contribution in [0.15, 0.2) is 12.1 Å². The normalized spacial score (nSPS) is 12.8. The van der Waals surface area contributed by atoms with Crippen LogP contribution in [0.25, 0.3) is 0 Å². The van der Waals surface area contributed by atoms with Crippen LogP contribution in [0.3, 0.4) is 0 Å². The third-order valence-corrected chi connectivity index (χ3v) is 7.56. The number of aryl methyl sites for hydroxylation is 1. The molecule has 0 bridgehead atoms. The van der Waals surface area contributed by atoms with Crippen molar-refractivity contribution in [1.82, 2.24) is 0 Å². The number of unbranched alkanes of at least 4 members (excludes halogenated alkanes) is 15. The monoisotopic (exact) mass is 510 g/mol. The van der Waals surface area contributed by atoms with Crippen molar-refractivity contribution in [3.05, 3.63) is 28.8 Å². The van der Waals surface area contributed by atoms with Gasteiger partial charge >= 0.3 is 8.25 Å². The van der Waals surface area contributed by atoms with Gasteiger partial charge in [0.15, 0.2) is 0 Å². The van der Waals surface area contributed by atoms with Crippen molar-refractivity contribution in [2.75, 3.05) is 6.61 Å². The number of hydrogen-bond acceptors (Lipinski definition) is 4. The maximum Gasteiger partial charge on any atom is 0.319 e. The van der Waals surface area contributed by atoms with E-state index in [0.717, 1.165) is 29.5 Å². The molecular weight excluding hydrogens is 455 g/mol. The summed E-state index contributed by atoms with van der Waals surface area (Å²) in [6, 6.07) is 3.82. The second kappa shape index (κ2) is 19.3. The molecule has 0 aliphatic heterocycles. The molecule has 1 atom stereocenters. The molecule has 0 radical (unpaired) electrons. The first kappa shape index (κ1) is 32.2. The predicted molar refractivity (Wildman–Crippen MR) is 151 cm³/mol. The number of benzene rings is 1. The lowest BCUT2D eigenvalue weighted by Crippen LogP contribution is -2.12. The lowest BCUT2D eigenvalue weighted by Gasteiger charge is -2.22. The van der Waals surface area contributed by atoms with Gasteiger partial charge in [0.1, 0.15) is 5.75 Å². The highest BCUT2D eigenvalue weighted by Gasteiger charge is 2.20. The highest BCUT2D eigenvalue weighted by Crippen LogP contribution is 2.35. The van der Waals surface area contributed by atoms with Gasteiger partial charge in [0.2, 0.25) is 0 Å². The van der Waals surface area contributed by atoms with Crippen molar-refractivity contribution in [2.45, 2.75) is 149 Å². The topological polar surface area (TPSA) is 55.8 Å². The van der Waals surface area contributed by atoms with E-state index in [-0.39, 0.29) is 12.0 Å². The Kier molecular flexibility index (Phi) is 17.8. The minimum atomic E-state index is -2.49. The Balaban J connectivity index is 1.98. The molecule has 4 nitrogen and oxygen atoms in total. The van der Waals surface area contributed by atoms with E-state index >= 15 is 0 Å². The van der Waals surface area contributed by atoms with Crippen LogP contribution in [-0.2, 0) is 25.6 Å². The first-order valence-electron chi connectivity index (χ1n) is 14.4. The summed E-state index contributed by atoms with van der Waals surface area (Å²) < 4.78 is 23.0. The van der Waals surface area contributed by atoms with E-state index in [1.165, 1.54) is 89.9 Å². The van der Waals surface area contributed by atoms with Crippen molar-refractivity contribution >= 4 is 8.25 Å². The summed E-state index contributed by atoms with van der Waals surface area (Å²) in [7, 11) is -2.49. The highest BCUT2D eigenvalue weighted by molar-refractivity contribution is 7.33. The molecule has 0 fully saturated rings. The quantitative estimate of drug-likeness (QED) is 0.132. The standard InChI is InChI=1S/C30H55O4P/c1-6-7-8-9-10-11-12-13-14-15-16-17-18-19-20-21-22-33-35(32)34-25-27-23-26(2)29(31)28(24-27)30(3,4)5/h23-24,31,35H,6-22,25H2,1-5H3. The first-order chi connectivity index (χ1) is 16.8. The molecule has 1 N–H and O–H groups in total. The number of hydrogen-bond donors (Lipinski definition) is 1. The van der Waals surface area contributed by atoms with Crippen LogP contribution >= 0.6 is 8.25 Å². The third-order valence-electron chi connectivity index (χ3n) is 6.74. The summed E-state index contributed by atoms with van der Waals surface area (Å²) in [6.07, 6.45) is 21.4. The van der Waals surface area contributed by atoms with E-state index < -0.39 is 8.25 Å². The molecule has 0 saturated carbocycles. The van der Waals surface area contributed by atoms with E-state index in [1.54, 1.807) is 0 Å². The zero-order valence-corrected chi connectivity index (χ0v) is 24.6. The molecule has 35 heavy (non-hydrogen) atoms.